The molecule has 0 spiro atoms. The van der Waals surface area contributed by atoms with Gasteiger partial charge in [0.05, 0.1) is 29.5 Å². The average Bonchev–Trinajstić information content (AvgIpc) is 3.26. The number of nitrogens with one attached hydrogen (secondary N) is 2. The number of carbonyl (C=O) groups is 2. The number of anilines is 2. The van der Waals surface area contributed by atoms with E-state index in [4.69, 9.17) is 9.26 Å². The van der Waals surface area contributed by atoms with Crippen molar-refractivity contribution in [2.75, 3.05) is 37.4 Å². The third-order valence-electron chi connectivity index (χ3n) is 7.44. The number of aliphatic hydroxyl groups excluding tert-OH is 1. The average molecular weight is 604 g/mol. The number of carbonyl (C=O) groups excluding carboxylic acids is 2. The Balaban J connectivity index is 1.61. The van der Waals surface area contributed by atoms with E-state index in [-0.39, 0.29) is 35.4 Å². The number of aryl methyl sites for hydroxylation is 2. The topological polar surface area (TPSA) is 120 Å². The molecule has 1 aromatic heterocycles. The summed E-state index contributed by atoms with van der Waals surface area (Å²) in [5.41, 5.74) is 1.38. The van der Waals surface area contributed by atoms with Crippen molar-refractivity contribution in [2.45, 2.75) is 52.6 Å². The van der Waals surface area contributed by atoms with E-state index in [9.17, 15) is 27.9 Å². The van der Waals surface area contributed by atoms with Crippen LogP contribution in [0.5, 0.6) is 5.75 Å². The van der Waals surface area contributed by atoms with Gasteiger partial charge in [-0.2, -0.15) is 13.2 Å². The zero-order valence-electron chi connectivity index (χ0n) is 24.7. The van der Waals surface area contributed by atoms with Gasteiger partial charge in [0.25, 0.3) is 5.91 Å². The first kappa shape index (κ1) is 31.8. The molecule has 0 unspecified atom stereocenters. The standard InChI is InChI=1S/C30H36F3N5O5/c1-17-13-38(18(2)16-39)28(40)23-7-6-8-24(34-29(41)35-26-19(3)36-43-20(26)4)27(23)42-25(17)15-37(5)14-21-9-11-22(12-10-21)30(31,32)33/h6-12,17-18,25,39H,13-16H2,1-5H3,(H2,34,35,41)/t17-,18+,25-/m1/s1. The highest BCUT2D eigenvalue weighted by atomic mass is 19.4. The normalized spacial score (nSPS) is 18.0. The molecule has 0 saturated carbocycles. The molecule has 0 fully saturated rings. The van der Waals surface area contributed by atoms with E-state index in [1.165, 1.54) is 12.1 Å². The highest BCUT2D eigenvalue weighted by Gasteiger charge is 2.35. The van der Waals surface area contributed by atoms with Crippen molar-refractivity contribution in [1.82, 2.24) is 15.0 Å². The Bertz CT molecular complexity index is 1420. The lowest BCUT2D eigenvalue weighted by atomic mass is 9.98. The number of aromatic nitrogens is 1. The molecule has 3 amide bonds. The maximum atomic E-state index is 13.7. The molecule has 0 aliphatic carbocycles. The van der Waals surface area contributed by atoms with E-state index in [2.05, 4.69) is 15.8 Å². The second-order valence-electron chi connectivity index (χ2n) is 11.0. The fraction of sp³-hybridized carbons (Fsp3) is 0.433. The van der Waals surface area contributed by atoms with Gasteiger partial charge in [-0.25, -0.2) is 4.79 Å². The Morgan fingerprint density at radius 1 is 1.19 bits per heavy atom. The van der Waals surface area contributed by atoms with Crippen molar-refractivity contribution < 1.29 is 37.1 Å². The van der Waals surface area contributed by atoms with Gasteiger partial charge in [-0.15, -0.1) is 0 Å². The number of para-hydroxylation sites is 1. The smallest absolute Gasteiger partial charge is 0.416 e. The Morgan fingerprint density at radius 3 is 2.49 bits per heavy atom. The summed E-state index contributed by atoms with van der Waals surface area (Å²) in [6.45, 7) is 7.79. The van der Waals surface area contributed by atoms with Crippen LogP contribution in [0, 0.1) is 19.8 Å². The zero-order valence-corrected chi connectivity index (χ0v) is 24.7. The summed E-state index contributed by atoms with van der Waals surface area (Å²) >= 11 is 0. The lowest BCUT2D eigenvalue weighted by molar-refractivity contribution is -0.137. The summed E-state index contributed by atoms with van der Waals surface area (Å²) < 4.78 is 50.6. The molecule has 232 valence electrons. The molecule has 4 rings (SSSR count). The van der Waals surface area contributed by atoms with Gasteiger partial charge in [0.2, 0.25) is 0 Å². The van der Waals surface area contributed by atoms with Gasteiger partial charge in [-0.1, -0.05) is 30.3 Å². The number of hydrogen-bond acceptors (Lipinski definition) is 7. The highest BCUT2D eigenvalue weighted by Crippen LogP contribution is 2.35. The molecule has 2 heterocycles. The molecule has 3 N–H and O–H groups in total. The summed E-state index contributed by atoms with van der Waals surface area (Å²) in [4.78, 5) is 30.2. The molecule has 0 saturated heterocycles. The first-order chi connectivity index (χ1) is 20.3. The van der Waals surface area contributed by atoms with Crippen molar-refractivity contribution in [2.24, 2.45) is 5.92 Å². The molecule has 2 aromatic carbocycles. The fourth-order valence-corrected chi connectivity index (χ4v) is 4.97. The Kier molecular flexibility index (Phi) is 9.65. The third-order valence-corrected chi connectivity index (χ3v) is 7.44. The molecule has 1 aliphatic rings. The lowest BCUT2D eigenvalue weighted by Gasteiger charge is -2.38. The zero-order chi connectivity index (χ0) is 31.5. The molecular weight excluding hydrogens is 567 g/mol. The van der Waals surface area contributed by atoms with Crippen LogP contribution in [0.1, 0.15) is 46.8 Å². The summed E-state index contributed by atoms with van der Waals surface area (Å²) in [5.74, 6) is 0.0391. The third kappa shape index (κ3) is 7.46. The van der Waals surface area contributed by atoms with Crippen molar-refractivity contribution in [1.29, 1.82) is 0 Å². The molecule has 0 bridgehead atoms. The Morgan fingerprint density at radius 2 is 1.88 bits per heavy atom. The lowest BCUT2D eigenvalue weighted by Crippen LogP contribution is -2.49. The van der Waals surface area contributed by atoms with Crippen LogP contribution in [0.3, 0.4) is 0 Å². The number of amides is 3. The van der Waals surface area contributed by atoms with Crippen LogP contribution in [0.25, 0.3) is 0 Å². The maximum Gasteiger partial charge on any atom is 0.416 e. The largest absolute Gasteiger partial charge is 0.486 e. The first-order valence-electron chi connectivity index (χ1n) is 13.9. The van der Waals surface area contributed by atoms with Crippen LogP contribution in [-0.2, 0) is 12.7 Å². The Hall–Kier alpha value is -4.10. The van der Waals surface area contributed by atoms with Crippen molar-refractivity contribution in [3.63, 3.8) is 0 Å². The number of hydrogen-bond donors (Lipinski definition) is 3. The van der Waals surface area contributed by atoms with E-state index < -0.39 is 29.9 Å². The van der Waals surface area contributed by atoms with Crippen molar-refractivity contribution >= 4 is 23.3 Å². The van der Waals surface area contributed by atoms with Crippen LogP contribution < -0.4 is 15.4 Å². The number of benzene rings is 2. The quantitative estimate of drug-likeness (QED) is 0.319. The second-order valence-corrected chi connectivity index (χ2v) is 11.0. The van der Waals surface area contributed by atoms with Gasteiger partial charge in [0.1, 0.15) is 17.5 Å². The number of nitrogens with zero attached hydrogens (tertiary/aromatic N) is 3. The van der Waals surface area contributed by atoms with Crippen LogP contribution in [0.2, 0.25) is 0 Å². The number of alkyl halides is 3. The molecule has 1 aliphatic heterocycles. The summed E-state index contributed by atoms with van der Waals surface area (Å²) in [6.07, 6.45) is -4.90. The van der Waals surface area contributed by atoms with Crippen molar-refractivity contribution in [3.05, 3.63) is 70.6 Å². The predicted molar refractivity (Wildman–Crippen MR) is 154 cm³/mol. The molecule has 43 heavy (non-hydrogen) atoms. The van der Waals surface area contributed by atoms with Gasteiger partial charge in [-0.3, -0.25) is 9.69 Å². The van der Waals surface area contributed by atoms with Crippen LogP contribution in [0.15, 0.2) is 47.0 Å². The summed E-state index contributed by atoms with van der Waals surface area (Å²) in [5, 5.41) is 19.2. The molecular formula is C30H36F3N5O5. The van der Waals surface area contributed by atoms with Gasteiger partial charge in [0, 0.05) is 25.6 Å². The predicted octanol–water partition coefficient (Wildman–Crippen LogP) is 5.31. The number of rotatable bonds is 8. The van der Waals surface area contributed by atoms with E-state index in [1.54, 1.807) is 43.9 Å². The van der Waals surface area contributed by atoms with Crippen LogP contribution in [-0.4, -0.2) is 70.9 Å². The van der Waals surface area contributed by atoms with Crippen molar-refractivity contribution in [3.8, 4) is 5.75 Å². The minimum Gasteiger partial charge on any atom is -0.486 e. The minimum absolute atomic E-state index is 0.177. The SMILES string of the molecule is Cc1noc(C)c1NC(=O)Nc1cccc2c1O[C@H](CN(C)Cc1ccc(C(F)(F)F)cc1)[C@H](C)CN([C@@H](C)CO)C2=O. The number of urea groups is 1. The molecule has 3 aromatic rings. The molecule has 3 atom stereocenters. The van der Waals surface area contributed by atoms with E-state index in [1.807, 2.05) is 18.9 Å². The number of aliphatic hydroxyl groups is 1. The van der Waals surface area contributed by atoms with Gasteiger partial charge < -0.3 is 29.9 Å². The Labute approximate surface area is 247 Å². The minimum atomic E-state index is -4.41. The monoisotopic (exact) mass is 603 g/mol. The van der Waals surface area contributed by atoms with Gasteiger partial charge >= 0.3 is 12.2 Å². The molecule has 13 heteroatoms. The summed E-state index contributed by atoms with van der Waals surface area (Å²) in [6, 6.07) is 8.78. The highest BCUT2D eigenvalue weighted by molar-refractivity contribution is 6.04. The van der Waals surface area contributed by atoms with Crippen LogP contribution >= 0.6 is 0 Å². The molecule has 10 nitrogen and oxygen atoms in total. The first-order valence-corrected chi connectivity index (χ1v) is 13.9. The van der Waals surface area contributed by atoms with E-state index >= 15 is 0 Å². The second kappa shape index (κ2) is 13.0. The van der Waals surface area contributed by atoms with Gasteiger partial charge in [0.15, 0.2) is 11.5 Å². The van der Waals surface area contributed by atoms with Gasteiger partial charge in [-0.05, 0) is 57.6 Å². The number of halogens is 3. The number of ether oxygens (including phenoxy) is 1. The van der Waals surface area contributed by atoms with Crippen LogP contribution in [0.4, 0.5) is 29.3 Å². The molecule has 0 radical (unpaired) electrons. The number of likely N-dealkylation sites (N-methyl/N-ethyl adjacent to an activating group) is 1. The number of fused-ring (bicyclic) bond motifs is 1. The van der Waals surface area contributed by atoms with E-state index in [0.29, 0.717) is 42.3 Å². The maximum absolute atomic E-state index is 13.7. The van der Waals surface area contributed by atoms with E-state index in [0.717, 1.165) is 12.1 Å². The fourth-order valence-electron chi connectivity index (χ4n) is 4.97. The summed E-state index contributed by atoms with van der Waals surface area (Å²) in [7, 11) is 1.83.